The van der Waals surface area contributed by atoms with Crippen LogP contribution in [0.25, 0.3) is 0 Å². The molecule has 2 fully saturated rings. The van der Waals surface area contributed by atoms with Crippen molar-refractivity contribution in [3.8, 4) is 5.75 Å². The molecule has 1 N–H and O–H groups in total. The maximum Gasteiger partial charge on any atom is 0.407 e. The summed E-state index contributed by atoms with van der Waals surface area (Å²) in [5.41, 5.74) is 2.89. The van der Waals surface area contributed by atoms with Gasteiger partial charge in [-0.1, -0.05) is 79.2 Å². The van der Waals surface area contributed by atoms with E-state index < -0.39 is 36.8 Å². The van der Waals surface area contributed by atoms with E-state index in [1.54, 1.807) is 14.2 Å². The number of hydrogen-bond acceptors (Lipinski definition) is 9. The van der Waals surface area contributed by atoms with Crippen molar-refractivity contribution in [3.63, 3.8) is 0 Å². The Hall–Kier alpha value is -4.00. The van der Waals surface area contributed by atoms with Gasteiger partial charge in [-0.05, 0) is 48.1 Å². The fraction of sp³-hybridized carbons (Fsp3) is 0.487. The molecule has 2 amide bonds. The van der Waals surface area contributed by atoms with Gasteiger partial charge in [0.25, 0.3) is 0 Å². The molecule has 2 aliphatic heterocycles. The number of rotatable bonds is 17. The summed E-state index contributed by atoms with van der Waals surface area (Å²) >= 11 is 0. The molecule has 2 aliphatic rings. The van der Waals surface area contributed by atoms with Crippen LogP contribution in [-0.2, 0) is 53.0 Å². The van der Waals surface area contributed by atoms with Gasteiger partial charge in [0.05, 0.1) is 26.9 Å². The predicted octanol–water partition coefficient (Wildman–Crippen LogP) is 5.64. The number of methoxy groups -OCH3 is 2. The minimum atomic E-state index is -0.830. The van der Waals surface area contributed by atoms with Crippen molar-refractivity contribution >= 4 is 12.0 Å². The van der Waals surface area contributed by atoms with E-state index in [9.17, 15) is 9.59 Å². The molecule has 3 aromatic carbocycles. The molecule has 3 aromatic rings. The minimum absolute atomic E-state index is 0.111. The first-order valence-corrected chi connectivity index (χ1v) is 17.5. The van der Waals surface area contributed by atoms with Gasteiger partial charge in [-0.3, -0.25) is 4.79 Å². The summed E-state index contributed by atoms with van der Waals surface area (Å²) in [6, 6.07) is 27.3. The highest BCUT2D eigenvalue weighted by Gasteiger charge is 2.49. The molecule has 0 aliphatic carbocycles. The largest absolute Gasteiger partial charge is 0.497 e. The van der Waals surface area contributed by atoms with Crippen LogP contribution >= 0.6 is 0 Å². The molecule has 5 rings (SSSR count). The average molecular weight is 691 g/mol. The van der Waals surface area contributed by atoms with Crippen molar-refractivity contribution in [1.82, 2.24) is 10.2 Å². The summed E-state index contributed by atoms with van der Waals surface area (Å²) in [4.78, 5) is 27.1. The number of carbonyl (C=O) groups excluding carboxylic acids is 2. The van der Waals surface area contributed by atoms with Gasteiger partial charge in [-0.2, -0.15) is 0 Å². The van der Waals surface area contributed by atoms with Crippen molar-refractivity contribution in [2.75, 3.05) is 40.5 Å². The van der Waals surface area contributed by atoms with Gasteiger partial charge in [-0.25, -0.2) is 4.79 Å². The molecule has 2 heterocycles. The number of carbonyl (C=O) groups is 2. The van der Waals surface area contributed by atoms with Gasteiger partial charge in [-0.15, -0.1) is 0 Å². The molecule has 2 saturated heterocycles. The molecule has 50 heavy (non-hydrogen) atoms. The smallest absolute Gasteiger partial charge is 0.407 e. The second kappa shape index (κ2) is 20.0. The van der Waals surface area contributed by atoms with E-state index in [-0.39, 0.29) is 19.1 Å². The van der Waals surface area contributed by atoms with Gasteiger partial charge >= 0.3 is 6.09 Å². The first-order valence-electron chi connectivity index (χ1n) is 17.5. The van der Waals surface area contributed by atoms with Crippen LogP contribution in [-0.4, -0.2) is 88.1 Å². The lowest BCUT2D eigenvalue weighted by atomic mass is 9.98. The highest BCUT2D eigenvalue weighted by Crippen LogP contribution is 2.31. The van der Waals surface area contributed by atoms with Crippen molar-refractivity contribution in [1.29, 1.82) is 0 Å². The summed E-state index contributed by atoms with van der Waals surface area (Å²) in [5.74, 6) is 0.925. The molecule has 270 valence electrons. The van der Waals surface area contributed by atoms with E-state index >= 15 is 0 Å². The maximum absolute atomic E-state index is 12.9. The van der Waals surface area contributed by atoms with Gasteiger partial charge in [0.15, 0.2) is 6.29 Å². The number of hydrogen-bond donors (Lipinski definition) is 1. The van der Waals surface area contributed by atoms with Crippen LogP contribution in [0.4, 0.5) is 4.79 Å². The Balaban J connectivity index is 1.28. The summed E-state index contributed by atoms with van der Waals surface area (Å²) in [6.45, 7) is 2.48. The first-order chi connectivity index (χ1) is 24.5. The van der Waals surface area contributed by atoms with Crippen molar-refractivity contribution in [3.05, 3.63) is 102 Å². The number of benzene rings is 3. The molecule has 5 atom stereocenters. The number of nitrogens with one attached hydrogen (secondary N) is 1. The van der Waals surface area contributed by atoms with E-state index in [1.807, 2.05) is 89.8 Å². The second-order valence-corrected chi connectivity index (χ2v) is 12.5. The molecule has 0 radical (unpaired) electrons. The Bertz CT molecular complexity index is 1430. The number of alkyl carbamates (subject to hydrolysis) is 1. The van der Waals surface area contributed by atoms with Gasteiger partial charge in [0.1, 0.15) is 36.8 Å². The first kappa shape index (κ1) is 37.3. The summed E-state index contributed by atoms with van der Waals surface area (Å²) in [6.07, 6.45) is 0.0809. The van der Waals surface area contributed by atoms with Crippen molar-refractivity contribution < 1.29 is 42.7 Å². The lowest BCUT2D eigenvalue weighted by Crippen LogP contribution is -2.61. The zero-order chi connectivity index (χ0) is 35.0. The maximum atomic E-state index is 12.9. The predicted molar refractivity (Wildman–Crippen MR) is 186 cm³/mol. The Morgan fingerprint density at radius 3 is 2.04 bits per heavy atom. The lowest BCUT2D eigenvalue weighted by molar-refractivity contribution is -0.321. The fourth-order valence-electron chi connectivity index (χ4n) is 6.16. The number of ether oxygens (including phenoxy) is 7. The minimum Gasteiger partial charge on any atom is -0.497 e. The second-order valence-electron chi connectivity index (χ2n) is 12.5. The van der Waals surface area contributed by atoms with E-state index in [0.29, 0.717) is 39.1 Å². The average Bonchev–Trinajstić information content (AvgIpc) is 3.37. The highest BCUT2D eigenvalue weighted by molar-refractivity contribution is 5.76. The van der Waals surface area contributed by atoms with Crippen molar-refractivity contribution in [2.24, 2.45) is 0 Å². The highest BCUT2D eigenvalue weighted by atomic mass is 16.7. The van der Waals surface area contributed by atoms with Crippen LogP contribution in [0.15, 0.2) is 84.9 Å². The Morgan fingerprint density at radius 2 is 1.40 bits per heavy atom. The molecular formula is C39H50N2O9. The molecule has 11 nitrogen and oxygen atoms in total. The molecule has 0 saturated carbocycles. The van der Waals surface area contributed by atoms with Crippen LogP contribution in [0.1, 0.15) is 48.8 Å². The SMILES string of the molecule is COc1ccc(CO[C@H]2[C@H](OCc3ccccc3)[C@@H](OCc3ccccc3)[C@@H](OC)O[C@@H]2COC(=O)NCCCN2CCCCCC2=O)cc1. The lowest BCUT2D eigenvalue weighted by Gasteiger charge is -2.45. The van der Waals surface area contributed by atoms with Gasteiger partial charge in [0.2, 0.25) is 5.91 Å². The Kier molecular flexibility index (Phi) is 14.9. The third-order valence-electron chi connectivity index (χ3n) is 8.92. The molecule has 11 heteroatoms. The topological polar surface area (TPSA) is 114 Å². The summed E-state index contributed by atoms with van der Waals surface area (Å²) in [7, 11) is 3.18. The Morgan fingerprint density at radius 1 is 0.780 bits per heavy atom. The summed E-state index contributed by atoms with van der Waals surface area (Å²) in [5, 5.41) is 2.81. The zero-order valence-electron chi connectivity index (χ0n) is 29.1. The van der Waals surface area contributed by atoms with Crippen LogP contribution in [0.2, 0.25) is 0 Å². The van der Waals surface area contributed by atoms with Crippen molar-refractivity contribution in [2.45, 2.75) is 82.6 Å². The van der Waals surface area contributed by atoms with Crippen LogP contribution in [0, 0.1) is 0 Å². The number of nitrogens with zero attached hydrogens (tertiary/aromatic N) is 1. The fourth-order valence-corrected chi connectivity index (χ4v) is 6.16. The van der Waals surface area contributed by atoms with E-state index in [2.05, 4.69) is 5.32 Å². The number of likely N-dealkylation sites (tertiary alicyclic amines) is 1. The monoisotopic (exact) mass is 690 g/mol. The normalized spacial score (nSPS) is 22.5. The molecular weight excluding hydrogens is 640 g/mol. The van der Waals surface area contributed by atoms with E-state index in [4.69, 9.17) is 33.2 Å². The Labute approximate surface area is 295 Å². The van der Waals surface area contributed by atoms with E-state index in [1.165, 1.54) is 0 Å². The zero-order valence-corrected chi connectivity index (χ0v) is 29.1. The standard InChI is InChI=1S/C39H50N2O9/c1-44-32-20-18-31(19-21-32)27-46-35-33(28-49-39(43)40-22-12-24-41-23-11-5-10-17-34(41)42)50-38(45-2)37(48-26-30-15-8-4-9-16-30)36(35)47-25-29-13-6-3-7-14-29/h3-4,6-9,13-16,18-21,33,35-38H,5,10-12,17,22-28H2,1-2H3,(H,40,43)/t33-,35-,36+,37-,38+/m1/s1. The molecule has 0 aromatic heterocycles. The van der Waals surface area contributed by atoms with Crippen LogP contribution in [0.3, 0.4) is 0 Å². The summed E-state index contributed by atoms with van der Waals surface area (Å²) < 4.78 is 42.9. The van der Waals surface area contributed by atoms with E-state index in [0.717, 1.165) is 48.2 Å². The van der Waals surface area contributed by atoms with Crippen LogP contribution in [0.5, 0.6) is 5.75 Å². The quantitative estimate of drug-likeness (QED) is 0.180. The third-order valence-corrected chi connectivity index (χ3v) is 8.92. The van der Waals surface area contributed by atoms with Gasteiger partial charge in [0, 0.05) is 33.2 Å². The third kappa shape index (κ3) is 11.3. The van der Waals surface area contributed by atoms with Gasteiger partial charge < -0.3 is 43.4 Å². The molecule has 0 unspecified atom stereocenters. The molecule has 0 spiro atoms. The number of amides is 2. The molecule has 0 bridgehead atoms. The van der Waals surface area contributed by atoms with Crippen LogP contribution < -0.4 is 10.1 Å².